The summed E-state index contributed by atoms with van der Waals surface area (Å²) in [5, 5.41) is 5.98. The van der Waals surface area contributed by atoms with E-state index in [1.165, 1.54) is 0 Å². The van der Waals surface area contributed by atoms with Gasteiger partial charge in [0.15, 0.2) is 0 Å². The summed E-state index contributed by atoms with van der Waals surface area (Å²) >= 11 is 5.96. The molecule has 1 aromatic heterocycles. The van der Waals surface area contributed by atoms with Gasteiger partial charge in [-0.15, -0.1) is 0 Å². The molecule has 19 heavy (non-hydrogen) atoms. The van der Waals surface area contributed by atoms with E-state index >= 15 is 0 Å². The lowest BCUT2D eigenvalue weighted by molar-refractivity contribution is -0.118. The molecule has 1 aromatic carbocycles. The van der Waals surface area contributed by atoms with Crippen LogP contribution in [0, 0.1) is 0 Å². The van der Waals surface area contributed by atoms with E-state index in [1.807, 2.05) is 13.8 Å². The molecule has 100 valence electrons. The quantitative estimate of drug-likeness (QED) is 0.928. The smallest absolute Gasteiger partial charge is 0.275 e. The van der Waals surface area contributed by atoms with Crippen LogP contribution in [0.5, 0.6) is 0 Å². The van der Waals surface area contributed by atoms with Crippen molar-refractivity contribution in [3.05, 3.63) is 39.3 Å². The molecule has 5 nitrogen and oxygen atoms in total. The van der Waals surface area contributed by atoms with Gasteiger partial charge in [-0.2, -0.15) is 5.10 Å². The first-order valence-electron chi connectivity index (χ1n) is 5.88. The molecule has 1 amide bonds. The Morgan fingerprint density at radius 3 is 2.68 bits per heavy atom. The van der Waals surface area contributed by atoms with Gasteiger partial charge in [-0.25, -0.2) is 4.68 Å². The summed E-state index contributed by atoms with van der Waals surface area (Å²) in [7, 11) is 0. The number of carbonyl (C=O) groups is 1. The van der Waals surface area contributed by atoms with Gasteiger partial charge in [-0.1, -0.05) is 25.4 Å². The molecule has 0 atom stereocenters. The molecule has 0 unspecified atom stereocenters. The lowest BCUT2D eigenvalue weighted by Crippen LogP contribution is -2.31. The molecule has 0 spiro atoms. The fourth-order valence-electron chi connectivity index (χ4n) is 1.96. The van der Waals surface area contributed by atoms with Crippen molar-refractivity contribution < 1.29 is 4.79 Å². The molecule has 0 saturated carbocycles. The Hall–Kier alpha value is -1.88. The highest BCUT2D eigenvalue weighted by Gasteiger charge is 2.14. The normalized spacial score (nSPS) is 11.2. The molecule has 0 saturated heterocycles. The first-order chi connectivity index (χ1) is 8.90. The van der Waals surface area contributed by atoms with E-state index in [-0.39, 0.29) is 18.0 Å². The molecular weight excluding hydrogens is 266 g/mol. The van der Waals surface area contributed by atoms with Gasteiger partial charge in [-0.3, -0.25) is 9.59 Å². The van der Waals surface area contributed by atoms with Crippen LogP contribution < -0.4 is 11.3 Å². The largest absolute Gasteiger partial charge is 0.368 e. The molecule has 0 aliphatic carbocycles. The number of benzene rings is 1. The second-order valence-corrected chi connectivity index (χ2v) is 5.10. The summed E-state index contributed by atoms with van der Waals surface area (Å²) < 4.78 is 1.11. The van der Waals surface area contributed by atoms with Crippen LogP contribution in [-0.4, -0.2) is 15.7 Å². The maximum Gasteiger partial charge on any atom is 0.275 e. The highest BCUT2D eigenvalue weighted by molar-refractivity contribution is 6.31. The zero-order valence-electron chi connectivity index (χ0n) is 10.7. The van der Waals surface area contributed by atoms with Gasteiger partial charge in [-0.05, 0) is 24.1 Å². The minimum atomic E-state index is -0.599. The number of carbonyl (C=O) groups excluding carboxylic acids is 1. The highest BCUT2D eigenvalue weighted by atomic mass is 35.5. The van der Waals surface area contributed by atoms with E-state index in [1.54, 1.807) is 18.2 Å². The van der Waals surface area contributed by atoms with Gasteiger partial charge < -0.3 is 5.73 Å². The molecule has 0 bridgehead atoms. The molecule has 1 heterocycles. The van der Waals surface area contributed by atoms with Crippen LogP contribution in [0.2, 0.25) is 5.02 Å². The standard InChI is InChI=1S/C13H14ClN3O2/c1-7(2)12-10-5-8(14)3-4-9(10)13(19)17(16-12)6-11(15)18/h3-5,7H,6H2,1-2H3,(H2,15,18). The van der Waals surface area contributed by atoms with Crippen molar-refractivity contribution in [1.82, 2.24) is 9.78 Å². The van der Waals surface area contributed by atoms with Crippen LogP contribution in [0.3, 0.4) is 0 Å². The maximum atomic E-state index is 12.2. The monoisotopic (exact) mass is 279 g/mol. The van der Waals surface area contributed by atoms with E-state index in [4.69, 9.17) is 17.3 Å². The minimum Gasteiger partial charge on any atom is -0.368 e. The molecule has 0 aliphatic rings. The second kappa shape index (κ2) is 5.01. The SMILES string of the molecule is CC(C)c1nn(CC(N)=O)c(=O)c2ccc(Cl)cc12. The summed E-state index contributed by atoms with van der Waals surface area (Å²) in [6.07, 6.45) is 0. The third-order valence-corrected chi connectivity index (χ3v) is 3.04. The summed E-state index contributed by atoms with van der Waals surface area (Å²) in [6.45, 7) is 3.70. The average molecular weight is 280 g/mol. The molecule has 0 radical (unpaired) electrons. The lowest BCUT2D eigenvalue weighted by atomic mass is 10.0. The Kier molecular flexibility index (Phi) is 3.57. The topological polar surface area (TPSA) is 78.0 Å². The van der Waals surface area contributed by atoms with E-state index < -0.39 is 5.91 Å². The Morgan fingerprint density at radius 2 is 2.11 bits per heavy atom. The summed E-state index contributed by atoms with van der Waals surface area (Å²) in [4.78, 5) is 23.2. The zero-order valence-corrected chi connectivity index (χ0v) is 11.4. The zero-order chi connectivity index (χ0) is 14.2. The van der Waals surface area contributed by atoms with E-state index in [0.29, 0.717) is 15.8 Å². The summed E-state index contributed by atoms with van der Waals surface area (Å²) in [5.41, 5.74) is 5.51. The number of primary amides is 1. The molecular formula is C13H14ClN3O2. The van der Waals surface area contributed by atoms with E-state index in [9.17, 15) is 9.59 Å². The molecule has 0 aliphatic heterocycles. The maximum absolute atomic E-state index is 12.2. The van der Waals surface area contributed by atoms with Crippen LogP contribution >= 0.6 is 11.6 Å². The van der Waals surface area contributed by atoms with Gasteiger partial charge in [0.25, 0.3) is 5.56 Å². The van der Waals surface area contributed by atoms with Crippen molar-refractivity contribution in [2.24, 2.45) is 5.73 Å². The third-order valence-electron chi connectivity index (χ3n) is 2.80. The van der Waals surface area contributed by atoms with Crippen LogP contribution in [0.1, 0.15) is 25.5 Å². The lowest BCUT2D eigenvalue weighted by Gasteiger charge is -2.12. The number of hydrogen-bond donors (Lipinski definition) is 1. The van der Waals surface area contributed by atoms with Crippen molar-refractivity contribution in [3.8, 4) is 0 Å². The number of fused-ring (bicyclic) bond motifs is 1. The molecule has 2 N–H and O–H groups in total. The number of aromatic nitrogens is 2. The second-order valence-electron chi connectivity index (χ2n) is 4.66. The Morgan fingerprint density at radius 1 is 1.42 bits per heavy atom. The van der Waals surface area contributed by atoms with Crippen molar-refractivity contribution in [2.75, 3.05) is 0 Å². The van der Waals surface area contributed by atoms with Crippen LogP contribution in [0.4, 0.5) is 0 Å². The van der Waals surface area contributed by atoms with Crippen LogP contribution in [0.15, 0.2) is 23.0 Å². The summed E-state index contributed by atoms with van der Waals surface area (Å²) in [5.74, 6) is -0.502. The van der Waals surface area contributed by atoms with Gasteiger partial charge in [0.1, 0.15) is 6.54 Å². The van der Waals surface area contributed by atoms with Gasteiger partial charge in [0, 0.05) is 10.4 Å². The molecule has 6 heteroatoms. The molecule has 2 rings (SSSR count). The average Bonchev–Trinajstić information content (AvgIpc) is 2.31. The number of hydrogen-bond acceptors (Lipinski definition) is 3. The van der Waals surface area contributed by atoms with Crippen molar-refractivity contribution in [2.45, 2.75) is 26.3 Å². The van der Waals surface area contributed by atoms with Crippen molar-refractivity contribution >= 4 is 28.3 Å². The number of nitrogens with two attached hydrogens (primary N) is 1. The predicted octanol–water partition coefficient (Wildman–Crippen LogP) is 1.66. The van der Waals surface area contributed by atoms with Crippen LogP contribution in [0.25, 0.3) is 10.8 Å². The fourth-order valence-corrected chi connectivity index (χ4v) is 2.14. The first-order valence-corrected chi connectivity index (χ1v) is 6.26. The Labute approximate surface area is 115 Å². The number of rotatable bonds is 3. The predicted molar refractivity (Wildman–Crippen MR) is 74.3 cm³/mol. The van der Waals surface area contributed by atoms with Crippen molar-refractivity contribution in [1.29, 1.82) is 0 Å². The molecule has 0 fully saturated rings. The number of amides is 1. The van der Waals surface area contributed by atoms with Crippen LogP contribution in [-0.2, 0) is 11.3 Å². The van der Waals surface area contributed by atoms with Gasteiger partial charge in [0.05, 0.1) is 11.1 Å². The minimum absolute atomic E-state index is 0.0979. The van der Waals surface area contributed by atoms with Crippen molar-refractivity contribution in [3.63, 3.8) is 0 Å². The van der Waals surface area contributed by atoms with Gasteiger partial charge >= 0.3 is 0 Å². The Balaban J connectivity index is 2.82. The molecule has 2 aromatic rings. The Bertz CT molecular complexity index is 707. The highest BCUT2D eigenvalue weighted by Crippen LogP contribution is 2.23. The summed E-state index contributed by atoms with van der Waals surface area (Å²) in [6, 6.07) is 5.00. The first kappa shape index (κ1) is 13.5. The third kappa shape index (κ3) is 2.61. The van der Waals surface area contributed by atoms with Gasteiger partial charge in [0.2, 0.25) is 5.91 Å². The fraction of sp³-hybridized carbons (Fsp3) is 0.308. The number of halogens is 1. The number of nitrogens with zero attached hydrogens (tertiary/aromatic N) is 2. The van der Waals surface area contributed by atoms with E-state index in [0.717, 1.165) is 10.4 Å². The van der Waals surface area contributed by atoms with E-state index in [2.05, 4.69) is 5.10 Å².